The van der Waals surface area contributed by atoms with Crippen molar-refractivity contribution < 1.29 is 4.92 Å². The molecule has 0 bridgehead atoms. The molecule has 0 N–H and O–H groups in total. The predicted molar refractivity (Wildman–Crippen MR) is 82.8 cm³/mol. The number of nitrogens with zero attached hydrogens (tertiary/aromatic N) is 4. The molecule has 0 aromatic heterocycles. The van der Waals surface area contributed by atoms with Gasteiger partial charge in [-0.2, -0.15) is 10.2 Å². The molecule has 0 heterocycles. The number of anilines is 1. The number of hydrogen-bond acceptors (Lipinski definition) is 5. The molecule has 0 saturated heterocycles. The minimum absolute atomic E-state index is 0.0421. The van der Waals surface area contributed by atoms with E-state index in [-0.39, 0.29) is 5.69 Å². The van der Waals surface area contributed by atoms with Gasteiger partial charge in [0, 0.05) is 31.9 Å². The average molecular weight is 284 g/mol. The Morgan fingerprint density at radius 2 is 1.71 bits per heavy atom. The highest BCUT2D eigenvalue weighted by Crippen LogP contribution is 2.26. The molecule has 6 heteroatoms. The maximum Gasteiger partial charge on any atom is 0.269 e. The van der Waals surface area contributed by atoms with Crippen LogP contribution in [0.15, 0.2) is 52.7 Å². The van der Waals surface area contributed by atoms with Gasteiger partial charge in [-0.25, -0.2) is 0 Å². The molecule has 0 atom stereocenters. The first-order valence-corrected chi connectivity index (χ1v) is 6.41. The first kappa shape index (κ1) is 14.6. The Balaban J connectivity index is 2.19. The zero-order chi connectivity index (χ0) is 15.4. The van der Waals surface area contributed by atoms with Gasteiger partial charge >= 0.3 is 0 Å². The maximum atomic E-state index is 10.6. The van der Waals surface area contributed by atoms with Crippen LogP contribution >= 0.6 is 0 Å². The number of rotatable bonds is 4. The van der Waals surface area contributed by atoms with Gasteiger partial charge in [0.25, 0.3) is 5.69 Å². The topological polar surface area (TPSA) is 71.1 Å². The summed E-state index contributed by atoms with van der Waals surface area (Å²) in [5.41, 5.74) is 3.52. The fourth-order valence-corrected chi connectivity index (χ4v) is 1.78. The molecule has 21 heavy (non-hydrogen) atoms. The Morgan fingerprint density at radius 3 is 2.24 bits per heavy atom. The van der Waals surface area contributed by atoms with E-state index in [1.807, 2.05) is 44.1 Å². The van der Waals surface area contributed by atoms with Gasteiger partial charge in [0.1, 0.15) is 0 Å². The standard InChI is InChI=1S/C15H16N4O2/c1-11-10-14(18(2)3)8-9-15(11)17-16-12-4-6-13(7-5-12)19(20)21/h4-10H,1-3H3/b17-16+. The summed E-state index contributed by atoms with van der Waals surface area (Å²) in [6, 6.07) is 11.9. The molecule has 0 aliphatic rings. The summed E-state index contributed by atoms with van der Waals surface area (Å²) in [6.45, 7) is 1.97. The lowest BCUT2D eigenvalue weighted by Crippen LogP contribution is -2.08. The second-order valence-corrected chi connectivity index (χ2v) is 4.84. The van der Waals surface area contributed by atoms with E-state index < -0.39 is 4.92 Å². The van der Waals surface area contributed by atoms with E-state index in [0.717, 1.165) is 16.9 Å². The normalized spacial score (nSPS) is 10.8. The van der Waals surface area contributed by atoms with Gasteiger partial charge in [-0.15, -0.1) is 0 Å². The van der Waals surface area contributed by atoms with Crippen molar-refractivity contribution in [2.45, 2.75) is 6.92 Å². The van der Waals surface area contributed by atoms with Crippen LogP contribution in [0.4, 0.5) is 22.7 Å². The minimum Gasteiger partial charge on any atom is -0.378 e. The fraction of sp³-hybridized carbons (Fsp3) is 0.200. The van der Waals surface area contributed by atoms with Crippen LogP contribution in [0.1, 0.15) is 5.56 Å². The number of nitro groups is 1. The number of benzene rings is 2. The molecular weight excluding hydrogens is 268 g/mol. The summed E-state index contributed by atoms with van der Waals surface area (Å²) < 4.78 is 0. The SMILES string of the molecule is Cc1cc(N(C)C)ccc1/N=N/c1ccc([N+](=O)[O-])cc1. The van der Waals surface area contributed by atoms with Crippen LogP contribution in [0.3, 0.4) is 0 Å². The lowest BCUT2D eigenvalue weighted by molar-refractivity contribution is -0.384. The summed E-state index contributed by atoms with van der Waals surface area (Å²) in [7, 11) is 3.96. The van der Waals surface area contributed by atoms with Crippen molar-refractivity contribution in [2.75, 3.05) is 19.0 Å². The molecule has 0 aliphatic carbocycles. The van der Waals surface area contributed by atoms with Crippen molar-refractivity contribution in [3.05, 3.63) is 58.1 Å². The molecule has 2 aromatic rings. The van der Waals surface area contributed by atoms with Crippen molar-refractivity contribution in [2.24, 2.45) is 10.2 Å². The molecule has 0 unspecified atom stereocenters. The Kier molecular flexibility index (Phi) is 4.27. The lowest BCUT2D eigenvalue weighted by Gasteiger charge is -2.13. The van der Waals surface area contributed by atoms with Crippen LogP contribution < -0.4 is 4.90 Å². The monoisotopic (exact) mass is 284 g/mol. The third-order valence-corrected chi connectivity index (χ3v) is 3.03. The second kappa shape index (κ2) is 6.13. The van der Waals surface area contributed by atoms with Gasteiger partial charge in [-0.05, 0) is 42.8 Å². The summed E-state index contributed by atoms with van der Waals surface area (Å²) in [5.74, 6) is 0. The summed E-state index contributed by atoms with van der Waals surface area (Å²) >= 11 is 0. The fourth-order valence-electron chi connectivity index (χ4n) is 1.78. The second-order valence-electron chi connectivity index (χ2n) is 4.84. The highest BCUT2D eigenvalue weighted by molar-refractivity contribution is 5.57. The zero-order valence-electron chi connectivity index (χ0n) is 12.1. The van der Waals surface area contributed by atoms with E-state index in [9.17, 15) is 10.1 Å². The van der Waals surface area contributed by atoms with Crippen molar-refractivity contribution in [1.82, 2.24) is 0 Å². The molecule has 0 spiro atoms. The van der Waals surface area contributed by atoms with Gasteiger partial charge in [0.05, 0.1) is 16.3 Å². The molecule has 0 saturated carbocycles. The third-order valence-electron chi connectivity index (χ3n) is 3.03. The van der Waals surface area contributed by atoms with Crippen molar-refractivity contribution in [3.63, 3.8) is 0 Å². The largest absolute Gasteiger partial charge is 0.378 e. The lowest BCUT2D eigenvalue weighted by atomic mass is 10.2. The van der Waals surface area contributed by atoms with Gasteiger partial charge in [-0.1, -0.05) is 0 Å². The van der Waals surface area contributed by atoms with Gasteiger partial charge in [0.2, 0.25) is 0 Å². The number of azo groups is 1. The first-order valence-electron chi connectivity index (χ1n) is 6.41. The van der Waals surface area contributed by atoms with Gasteiger partial charge in [-0.3, -0.25) is 10.1 Å². The Bertz CT molecular complexity index is 679. The van der Waals surface area contributed by atoms with E-state index in [2.05, 4.69) is 10.2 Å². The molecule has 6 nitrogen and oxygen atoms in total. The quantitative estimate of drug-likeness (QED) is 0.475. The zero-order valence-corrected chi connectivity index (χ0v) is 12.1. The van der Waals surface area contributed by atoms with Crippen LogP contribution in [0.5, 0.6) is 0 Å². The van der Waals surface area contributed by atoms with Crippen LogP contribution in [0.25, 0.3) is 0 Å². The molecule has 0 fully saturated rings. The summed E-state index contributed by atoms with van der Waals surface area (Å²) in [5, 5.41) is 18.9. The van der Waals surface area contributed by atoms with E-state index >= 15 is 0 Å². The van der Waals surface area contributed by atoms with Crippen LogP contribution in [0.2, 0.25) is 0 Å². The molecular formula is C15H16N4O2. The summed E-state index contributed by atoms with van der Waals surface area (Å²) in [6.07, 6.45) is 0. The van der Waals surface area contributed by atoms with E-state index in [4.69, 9.17) is 0 Å². The highest BCUT2D eigenvalue weighted by Gasteiger charge is 2.04. The number of non-ortho nitro benzene ring substituents is 1. The van der Waals surface area contributed by atoms with Gasteiger partial charge < -0.3 is 4.90 Å². The van der Waals surface area contributed by atoms with Crippen molar-refractivity contribution >= 4 is 22.7 Å². The number of aryl methyl sites for hydroxylation is 1. The Morgan fingerprint density at radius 1 is 1.05 bits per heavy atom. The van der Waals surface area contributed by atoms with Crippen LogP contribution in [0, 0.1) is 17.0 Å². The Labute approximate surface area is 122 Å². The molecule has 0 amide bonds. The minimum atomic E-state index is -0.439. The molecule has 0 aliphatic heterocycles. The van der Waals surface area contributed by atoms with E-state index in [1.54, 1.807) is 12.1 Å². The third kappa shape index (κ3) is 3.62. The number of nitro benzene ring substituents is 1. The highest BCUT2D eigenvalue weighted by atomic mass is 16.6. The molecule has 2 aromatic carbocycles. The van der Waals surface area contributed by atoms with E-state index in [0.29, 0.717) is 5.69 Å². The average Bonchev–Trinajstić information content (AvgIpc) is 2.46. The number of hydrogen-bond donors (Lipinski definition) is 0. The molecule has 2 rings (SSSR count). The molecule has 0 radical (unpaired) electrons. The smallest absolute Gasteiger partial charge is 0.269 e. The first-order chi connectivity index (χ1) is 9.97. The van der Waals surface area contributed by atoms with Gasteiger partial charge in [0.15, 0.2) is 0 Å². The van der Waals surface area contributed by atoms with Crippen LogP contribution in [-0.2, 0) is 0 Å². The van der Waals surface area contributed by atoms with E-state index in [1.165, 1.54) is 12.1 Å². The summed E-state index contributed by atoms with van der Waals surface area (Å²) in [4.78, 5) is 12.1. The maximum absolute atomic E-state index is 10.6. The predicted octanol–water partition coefficient (Wildman–Crippen LogP) is 4.38. The molecule has 108 valence electrons. The van der Waals surface area contributed by atoms with Crippen molar-refractivity contribution in [3.8, 4) is 0 Å². The van der Waals surface area contributed by atoms with Crippen LogP contribution in [-0.4, -0.2) is 19.0 Å². The van der Waals surface area contributed by atoms with Crippen molar-refractivity contribution in [1.29, 1.82) is 0 Å². The Hall–Kier alpha value is -2.76.